The maximum absolute atomic E-state index is 13.2. The van der Waals surface area contributed by atoms with Crippen LogP contribution in [0.25, 0.3) is 11.3 Å². The summed E-state index contributed by atoms with van der Waals surface area (Å²) in [6.07, 6.45) is 0.427. The van der Waals surface area contributed by atoms with Gasteiger partial charge in [0.1, 0.15) is 0 Å². The molecule has 0 radical (unpaired) electrons. The van der Waals surface area contributed by atoms with E-state index >= 15 is 0 Å². The molecule has 0 N–H and O–H groups in total. The monoisotopic (exact) mass is 420 g/mol. The van der Waals surface area contributed by atoms with Gasteiger partial charge in [-0.2, -0.15) is 13.2 Å². The number of halogens is 3. The number of nitrogens with zero attached hydrogens (tertiary/aromatic N) is 4. The molecule has 8 heteroatoms. The third-order valence-electron chi connectivity index (χ3n) is 5.56. The Bertz CT molecular complexity index is 867. The van der Waals surface area contributed by atoms with Crippen LogP contribution in [0.2, 0.25) is 0 Å². The van der Waals surface area contributed by atoms with Crippen molar-refractivity contribution in [2.45, 2.75) is 38.8 Å². The Hall–Kier alpha value is -2.48. The Morgan fingerprint density at radius 3 is 2.63 bits per heavy atom. The summed E-state index contributed by atoms with van der Waals surface area (Å²) in [7, 11) is 0. The Morgan fingerprint density at radius 2 is 1.93 bits per heavy atom. The van der Waals surface area contributed by atoms with Crippen LogP contribution in [0.4, 0.5) is 13.2 Å². The molecular formula is C22H27F3N4O. The largest absolute Gasteiger partial charge is 0.416 e. The van der Waals surface area contributed by atoms with E-state index < -0.39 is 11.7 Å². The lowest BCUT2D eigenvalue weighted by atomic mass is 9.91. The minimum Gasteiger partial charge on any atom is -0.342 e. The van der Waals surface area contributed by atoms with Gasteiger partial charge in [0, 0.05) is 43.5 Å². The first-order valence-corrected chi connectivity index (χ1v) is 10.3. The molecular weight excluding hydrogens is 393 g/mol. The molecule has 1 amide bonds. The van der Waals surface area contributed by atoms with E-state index in [2.05, 4.69) is 14.9 Å². The van der Waals surface area contributed by atoms with Gasteiger partial charge in [0.25, 0.3) is 0 Å². The van der Waals surface area contributed by atoms with Crippen LogP contribution < -0.4 is 0 Å². The highest BCUT2D eigenvalue weighted by molar-refractivity contribution is 5.78. The fraction of sp³-hybridized carbons (Fsp3) is 0.500. The van der Waals surface area contributed by atoms with Crippen molar-refractivity contribution >= 4 is 5.91 Å². The van der Waals surface area contributed by atoms with E-state index in [1.807, 2.05) is 13.8 Å². The molecule has 2 aromatic rings. The van der Waals surface area contributed by atoms with Gasteiger partial charge in [-0.1, -0.05) is 12.1 Å². The van der Waals surface area contributed by atoms with Gasteiger partial charge in [-0.25, -0.2) is 0 Å². The Balaban J connectivity index is 1.83. The number of amides is 1. The van der Waals surface area contributed by atoms with E-state index in [1.54, 1.807) is 17.2 Å². The first-order chi connectivity index (χ1) is 14.3. The first kappa shape index (κ1) is 22.2. The lowest BCUT2D eigenvalue weighted by Gasteiger charge is -2.33. The van der Waals surface area contributed by atoms with Gasteiger partial charge in [0.15, 0.2) is 0 Å². The standard InChI is InChI=1S/C22H27F3N4O/c1-3-29(4-2)19(30)15-28-12-6-8-17(14-28)21-20(26-10-11-27-21)16-7-5-9-18(13-16)22(23,24)25/h5,7,9-11,13,17H,3-4,6,8,12,14-15H2,1-2H3/t17-/m0/s1. The summed E-state index contributed by atoms with van der Waals surface area (Å²) in [5, 5.41) is 0. The van der Waals surface area contributed by atoms with E-state index in [9.17, 15) is 18.0 Å². The number of carbonyl (C=O) groups is 1. The van der Waals surface area contributed by atoms with Crippen LogP contribution in [-0.2, 0) is 11.0 Å². The predicted octanol–water partition coefficient (Wildman–Crippen LogP) is 4.21. The third kappa shape index (κ3) is 5.16. The predicted molar refractivity (Wildman–Crippen MR) is 109 cm³/mol. The van der Waals surface area contributed by atoms with Crippen LogP contribution in [0.5, 0.6) is 0 Å². The number of piperidine rings is 1. The number of alkyl halides is 3. The van der Waals surface area contributed by atoms with E-state index in [4.69, 9.17) is 0 Å². The molecule has 0 spiro atoms. The minimum absolute atomic E-state index is 0.0153. The van der Waals surface area contributed by atoms with Crippen LogP contribution in [0.15, 0.2) is 36.7 Å². The Kier molecular flexibility index (Phi) is 7.07. The average Bonchev–Trinajstić information content (AvgIpc) is 2.74. The fourth-order valence-corrected chi connectivity index (χ4v) is 4.00. The summed E-state index contributed by atoms with van der Waals surface area (Å²) < 4.78 is 39.5. The highest BCUT2D eigenvalue weighted by Gasteiger charge is 2.31. The Labute approximate surface area is 174 Å². The maximum atomic E-state index is 13.2. The molecule has 0 unspecified atom stereocenters. The molecule has 30 heavy (non-hydrogen) atoms. The Morgan fingerprint density at radius 1 is 1.20 bits per heavy atom. The summed E-state index contributed by atoms with van der Waals surface area (Å²) in [4.78, 5) is 25.3. The molecule has 1 aromatic carbocycles. The summed E-state index contributed by atoms with van der Waals surface area (Å²) in [6.45, 7) is 7.08. The van der Waals surface area contributed by atoms with Gasteiger partial charge in [-0.05, 0) is 45.4 Å². The van der Waals surface area contributed by atoms with Gasteiger partial charge in [0.05, 0.1) is 23.5 Å². The molecule has 0 aliphatic carbocycles. The lowest BCUT2D eigenvalue weighted by Crippen LogP contribution is -2.43. The molecule has 0 saturated carbocycles. The molecule has 1 saturated heterocycles. The van der Waals surface area contributed by atoms with Crippen LogP contribution in [-0.4, -0.2) is 58.4 Å². The number of aromatic nitrogens is 2. The summed E-state index contributed by atoms with van der Waals surface area (Å²) >= 11 is 0. The van der Waals surface area contributed by atoms with Gasteiger partial charge in [-0.15, -0.1) is 0 Å². The van der Waals surface area contributed by atoms with Crippen LogP contribution in [0.3, 0.4) is 0 Å². The quantitative estimate of drug-likeness (QED) is 0.703. The maximum Gasteiger partial charge on any atom is 0.416 e. The summed E-state index contributed by atoms with van der Waals surface area (Å²) in [5.41, 5.74) is 0.873. The van der Waals surface area contributed by atoms with Crippen molar-refractivity contribution in [1.82, 2.24) is 19.8 Å². The second-order valence-corrected chi connectivity index (χ2v) is 7.51. The second kappa shape index (κ2) is 9.55. The molecule has 1 atom stereocenters. The number of rotatable bonds is 6. The van der Waals surface area contributed by atoms with Crippen molar-refractivity contribution in [2.75, 3.05) is 32.7 Å². The van der Waals surface area contributed by atoms with Crippen LogP contribution in [0.1, 0.15) is 43.9 Å². The molecule has 0 bridgehead atoms. The van der Waals surface area contributed by atoms with Gasteiger partial charge in [0.2, 0.25) is 5.91 Å². The highest BCUT2D eigenvalue weighted by Crippen LogP contribution is 2.35. The zero-order valence-electron chi connectivity index (χ0n) is 17.3. The normalized spacial score (nSPS) is 17.7. The number of benzene rings is 1. The van der Waals surface area contributed by atoms with E-state index in [1.165, 1.54) is 12.3 Å². The third-order valence-corrected chi connectivity index (χ3v) is 5.56. The zero-order chi connectivity index (χ0) is 21.7. The molecule has 1 aromatic heterocycles. The molecule has 2 heterocycles. The molecule has 162 valence electrons. The fourth-order valence-electron chi connectivity index (χ4n) is 4.00. The number of hydrogen-bond donors (Lipinski definition) is 0. The van der Waals surface area contributed by atoms with E-state index in [-0.39, 0.29) is 11.8 Å². The molecule has 5 nitrogen and oxygen atoms in total. The van der Waals surface area contributed by atoms with E-state index in [0.29, 0.717) is 43.1 Å². The van der Waals surface area contributed by atoms with Crippen molar-refractivity contribution in [3.63, 3.8) is 0 Å². The van der Waals surface area contributed by atoms with Gasteiger partial charge >= 0.3 is 6.18 Å². The van der Waals surface area contributed by atoms with Crippen molar-refractivity contribution in [3.8, 4) is 11.3 Å². The molecule has 1 fully saturated rings. The highest BCUT2D eigenvalue weighted by atomic mass is 19.4. The molecule has 1 aliphatic rings. The minimum atomic E-state index is -4.41. The number of likely N-dealkylation sites (N-methyl/N-ethyl adjacent to an activating group) is 1. The van der Waals surface area contributed by atoms with Crippen molar-refractivity contribution < 1.29 is 18.0 Å². The van der Waals surface area contributed by atoms with Crippen molar-refractivity contribution in [2.24, 2.45) is 0 Å². The van der Waals surface area contributed by atoms with Crippen molar-refractivity contribution in [1.29, 1.82) is 0 Å². The zero-order valence-corrected chi connectivity index (χ0v) is 17.3. The van der Waals surface area contributed by atoms with Crippen LogP contribution in [0, 0.1) is 0 Å². The topological polar surface area (TPSA) is 49.3 Å². The summed E-state index contributed by atoms with van der Waals surface area (Å²) in [6, 6.07) is 5.21. The number of hydrogen-bond acceptors (Lipinski definition) is 4. The molecule has 3 rings (SSSR count). The van der Waals surface area contributed by atoms with Crippen LogP contribution >= 0.6 is 0 Å². The van der Waals surface area contributed by atoms with Gasteiger partial charge < -0.3 is 4.90 Å². The molecule has 1 aliphatic heterocycles. The SMILES string of the molecule is CCN(CC)C(=O)CN1CCC[C@H](c2nccnc2-c2cccc(C(F)(F)F)c2)C1. The lowest BCUT2D eigenvalue weighted by molar-refractivity contribution is -0.137. The second-order valence-electron chi connectivity index (χ2n) is 7.51. The number of carbonyl (C=O) groups excluding carboxylic acids is 1. The van der Waals surface area contributed by atoms with E-state index in [0.717, 1.165) is 31.5 Å². The number of likely N-dealkylation sites (tertiary alicyclic amines) is 1. The average molecular weight is 420 g/mol. The van der Waals surface area contributed by atoms with Crippen molar-refractivity contribution in [3.05, 3.63) is 47.9 Å². The smallest absolute Gasteiger partial charge is 0.342 e. The summed E-state index contributed by atoms with van der Waals surface area (Å²) in [5.74, 6) is 0.111. The van der Waals surface area contributed by atoms with Gasteiger partial charge in [-0.3, -0.25) is 19.7 Å². The first-order valence-electron chi connectivity index (χ1n) is 10.3.